The summed E-state index contributed by atoms with van der Waals surface area (Å²) in [5.74, 6) is 0.568. The van der Waals surface area contributed by atoms with Gasteiger partial charge in [-0.1, -0.05) is 59.8 Å². The van der Waals surface area contributed by atoms with E-state index in [-0.39, 0.29) is 16.7 Å². The van der Waals surface area contributed by atoms with E-state index in [1.807, 2.05) is 60.9 Å². The highest BCUT2D eigenvalue weighted by molar-refractivity contribution is 7.99. The maximum absolute atomic E-state index is 13.3. The molecule has 170 valence electrons. The highest BCUT2D eigenvalue weighted by Crippen LogP contribution is 2.30. The number of nitrogens with zero attached hydrogens (tertiary/aromatic N) is 3. The summed E-state index contributed by atoms with van der Waals surface area (Å²) in [6.45, 7) is 4.38. The molecule has 0 bridgehead atoms. The summed E-state index contributed by atoms with van der Waals surface area (Å²) in [6, 6.07) is 17.7. The Morgan fingerprint density at radius 3 is 2.76 bits per heavy atom. The van der Waals surface area contributed by atoms with Crippen LogP contribution in [0.15, 0.2) is 65.8 Å². The summed E-state index contributed by atoms with van der Waals surface area (Å²) < 4.78 is 21.1. The number of aromatic nitrogens is 3. The molecule has 9 heteroatoms. The first kappa shape index (κ1) is 23.1. The van der Waals surface area contributed by atoms with Crippen LogP contribution < -0.4 is 10.1 Å². The van der Waals surface area contributed by atoms with Crippen molar-refractivity contribution in [2.45, 2.75) is 31.7 Å². The fourth-order valence-electron chi connectivity index (χ4n) is 3.47. The number of anilines is 1. The zero-order chi connectivity index (χ0) is 23.4. The van der Waals surface area contributed by atoms with E-state index in [9.17, 15) is 9.18 Å². The third kappa shape index (κ3) is 5.29. The van der Waals surface area contributed by atoms with Gasteiger partial charge < -0.3 is 14.6 Å². The number of benzene rings is 3. The van der Waals surface area contributed by atoms with Crippen LogP contribution in [0.3, 0.4) is 0 Å². The normalized spacial score (nSPS) is 12.0. The maximum Gasteiger partial charge on any atom is 0.234 e. The van der Waals surface area contributed by atoms with Crippen LogP contribution in [0.5, 0.6) is 5.75 Å². The van der Waals surface area contributed by atoms with Gasteiger partial charge >= 0.3 is 0 Å². The SMILES string of the molecule is CCn1c(SCC(=O)Nc2cccc3ccccc23)nnc1C(C)Oc1ccc(F)cc1Cl. The number of carbonyl (C=O) groups is 1. The number of hydrogen-bond acceptors (Lipinski definition) is 5. The molecule has 1 unspecified atom stereocenters. The zero-order valence-corrected chi connectivity index (χ0v) is 19.7. The summed E-state index contributed by atoms with van der Waals surface area (Å²) in [4.78, 5) is 12.6. The molecule has 0 spiro atoms. The summed E-state index contributed by atoms with van der Waals surface area (Å²) in [5.41, 5.74) is 0.773. The van der Waals surface area contributed by atoms with Crippen LogP contribution in [0.2, 0.25) is 5.02 Å². The second kappa shape index (κ2) is 10.2. The Bertz CT molecular complexity index is 1290. The molecule has 0 saturated carbocycles. The Morgan fingerprint density at radius 2 is 1.97 bits per heavy atom. The molecule has 3 aromatic carbocycles. The fourth-order valence-corrected chi connectivity index (χ4v) is 4.49. The van der Waals surface area contributed by atoms with Crippen LogP contribution in [0.1, 0.15) is 25.8 Å². The molecular weight excluding hydrogens is 463 g/mol. The molecule has 0 aliphatic rings. The van der Waals surface area contributed by atoms with Crippen LogP contribution in [-0.4, -0.2) is 26.4 Å². The highest BCUT2D eigenvalue weighted by atomic mass is 35.5. The van der Waals surface area contributed by atoms with E-state index in [2.05, 4.69) is 15.5 Å². The first-order valence-electron chi connectivity index (χ1n) is 10.4. The average molecular weight is 485 g/mol. The van der Waals surface area contributed by atoms with E-state index in [0.29, 0.717) is 23.3 Å². The number of nitrogens with one attached hydrogen (secondary N) is 1. The van der Waals surface area contributed by atoms with E-state index in [4.69, 9.17) is 16.3 Å². The van der Waals surface area contributed by atoms with Gasteiger partial charge in [0.2, 0.25) is 5.91 Å². The number of carbonyl (C=O) groups excluding carboxylic acids is 1. The minimum absolute atomic E-state index is 0.133. The Kier molecular flexibility index (Phi) is 7.15. The lowest BCUT2D eigenvalue weighted by Crippen LogP contribution is -2.15. The van der Waals surface area contributed by atoms with Gasteiger partial charge in [0, 0.05) is 17.6 Å². The van der Waals surface area contributed by atoms with E-state index < -0.39 is 11.9 Å². The molecule has 0 saturated heterocycles. The highest BCUT2D eigenvalue weighted by Gasteiger charge is 2.20. The van der Waals surface area contributed by atoms with E-state index >= 15 is 0 Å². The number of thioether (sulfide) groups is 1. The van der Waals surface area contributed by atoms with Crippen LogP contribution in [0.4, 0.5) is 10.1 Å². The first-order chi connectivity index (χ1) is 16.0. The molecule has 1 aromatic heterocycles. The lowest BCUT2D eigenvalue weighted by molar-refractivity contribution is -0.113. The van der Waals surface area contributed by atoms with Crippen molar-refractivity contribution in [2.24, 2.45) is 0 Å². The molecule has 33 heavy (non-hydrogen) atoms. The van der Waals surface area contributed by atoms with E-state index in [1.165, 1.54) is 30.0 Å². The van der Waals surface area contributed by atoms with Crippen molar-refractivity contribution >= 4 is 45.7 Å². The molecule has 0 radical (unpaired) electrons. The van der Waals surface area contributed by atoms with Gasteiger partial charge in [0.25, 0.3) is 0 Å². The van der Waals surface area contributed by atoms with Crippen molar-refractivity contribution in [3.8, 4) is 5.75 Å². The monoisotopic (exact) mass is 484 g/mol. The summed E-state index contributed by atoms with van der Waals surface area (Å²) in [5, 5.41) is 14.3. The lowest BCUT2D eigenvalue weighted by Gasteiger charge is -2.16. The number of halogens is 2. The van der Waals surface area contributed by atoms with Gasteiger partial charge in [-0.3, -0.25) is 4.79 Å². The Morgan fingerprint density at radius 1 is 1.18 bits per heavy atom. The maximum atomic E-state index is 13.3. The van der Waals surface area contributed by atoms with Crippen LogP contribution in [-0.2, 0) is 11.3 Å². The zero-order valence-electron chi connectivity index (χ0n) is 18.1. The number of ether oxygens (including phenoxy) is 1. The number of fused-ring (bicyclic) bond motifs is 1. The van der Waals surface area contributed by atoms with Crippen molar-refractivity contribution in [1.82, 2.24) is 14.8 Å². The van der Waals surface area contributed by atoms with Crippen molar-refractivity contribution in [1.29, 1.82) is 0 Å². The predicted molar refractivity (Wildman–Crippen MR) is 129 cm³/mol. The topological polar surface area (TPSA) is 69.0 Å². The third-order valence-electron chi connectivity index (χ3n) is 5.02. The predicted octanol–water partition coefficient (Wildman–Crippen LogP) is 6.11. The van der Waals surface area contributed by atoms with Crippen molar-refractivity contribution < 1.29 is 13.9 Å². The molecule has 1 N–H and O–H groups in total. The second-order valence-corrected chi connectivity index (χ2v) is 8.63. The molecule has 4 aromatic rings. The Labute approximate surface area is 200 Å². The van der Waals surface area contributed by atoms with Gasteiger partial charge in [0.1, 0.15) is 11.6 Å². The van der Waals surface area contributed by atoms with Crippen LogP contribution >= 0.6 is 23.4 Å². The van der Waals surface area contributed by atoms with Gasteiger partial charge in [-0.05, 0) is 43.5 Å². The lowest BCUT2D eigenvalue weighted by atomic mass is 10.1. The van der Waals surface area contributed by atoms with E-state index in [0.717, 1.165) is 16.5 Å². The van der Waals surface area contributed by atoms with Crippen molar-refractivity contribution in [2.75, 3.05) is 11.1 Å². The molecule has 0 aliphatic carbocycles. The second-order valence-electron chi connectivity index (χ2n) is 7.28. The Balaban J connectivity index is 1.43. The molecule has 1 atom stereocenters. The minimum atomic E-state index is -0.473. The number of amides is 1. The van der Waals surface area contributed by atoms with Gasteiger partial charge in [0.05, 0.1) is 10.8 Å². The molecule has 0 aliphatic heterocycles. The number of rotatable bonds is 8. The van der Waals surface area contributed by atoms with Gasteiger partial charge in [-0.15, -0.1) is 10.2 Å². The van der Waals surface area contributed by atoms with Crippen LogP contribution in [0.25, 0.3) is 10.8 Å². The van der Waals surface area contributed by atoms with Gasteiger partial charge in [-0.2, -0.15) is 0 Å². The molecule has 1 amide bonds. The fraction of sp³-hybridized carbons (Fsp3) is 0.208. The minimum Gasteiger partial charge on any atom is -0.481 e. The van der Waals surface area contributed by atoms with Gasteiger partial charge in [-0.25, -0.2) is 4.39 Å². The number of hydrogen-bond donors (Lipinski definition) is 1. The van der Waals surface area contributed by atoms with Crippen molar-refractivity contribution in [3.05, 3.63) is 77.3 Å². The summed E-state index contributed by atoms with van der Waals surface area (Å²) in [6.07, 6.45) is -0.473. The molecule has 4 rings (SSSR count). The first-order valence-corrected chi connectivity index (χ1v) is 11.8. The largest absolute Gasteiger partial charge is 0.481 e. The standard InChI is InChI=1S/C24H22ClFN4O2S/c1-3-30-23(15(2)32-21-12-11-17(26)13-19(21)25)28-29-24(30)33-14-22(31)27-20-10-6-8-16-7-4-5-9-18(16)20/h4-13,15H,3,14H2,1-2H3,(H,27,31). The molecular formula is C24H22ClFN4O2S. The smallest absolute Gasteiger partial charge is 0.234 e. The summed E-state index contributed by atoms with van der Waals surface area (Å²) >= 11 is 7.37. The Hall–Kier alpha value is -3.10. The van der Waals surface area contributed by atoms with Gasteiger partial charge in [0.15, 0.2) is 17.1 Å². The molecule has 0 fully saturated rings. The molecule has 6 nitrogen and oxygen atoms in total. The van der Waals surface area contributed by atoms with Crippen LogP contribution in [0, 0.1) is 5.82 Å². The van der Waals surface area contributed by atoms with E-state index in [1.54, 1.807) is 0 Å². The third-order valence-corrected chi connectivity index (χ3v) is 6.28. The molecule has 1 heterocycles. The van der Waals surface area contributed by atoms with Crippen molar-refractivity contribution in [3.63, 3.8) is 0 Å². The quantitative estimate of drug-likeness (QED) is 0.305. The summed E-state index contributed by atoms with van der Waals surface area (Å²) in [7, 11) is 0. The average Bonchev–Trinajstić information content (AvgIpc) is 3.23.